The zero-order valence-electron chi connectivity index (χ0n) is 8.29. The van der Waals surface area contributed by atoms with E-state index in [0.29, 0.717) is 0 Å². The molecule has 0 aromatic rings. The van der Waals surface area contributed by atoms with Crippen molar-refractivity contribution in [2.24, 2.45) is 35.5 Å². The second kappa shape index (κ2) is 2.27. The fourth-order valence-electron chi connectivity index (χ4n) is 3.93. The lowest BCUT2D eigenvalue weighted by molar-refractivity contribution is -0.107. The third-order valence-corrected chi connectivity index (χ3v) is 4.99. The summed E-state index contributed by atoms with van der Waals surface area (Å²) < 4.78 is 0. The highest BCUT2D eigenvalue weighted by Gasteiger charge is 2.54. The van der Waals surface area contributed by atoms with E-state index in [2.05, 4.69) is 13.8 Å². The Hall–Kier alpha value is 0. The second-order valence-corrected chi connectivity index (χ2v) is 5.65. The topological polar surface area (TPSA) is 0 Å². The van der Waals surface area contributed by atoms with Crippen molar-refractivity contribution in [1.82, 2.24) is 0 Å². The molecule has 5 atom stereocenters. The maximum atomic E-state index is 2.52. The quantitative estimate of drug-likeness (QED) is 0.587. The van der Waals surface area contributed by atoms with Crippen LogP contribution in [-0.4, -0.2) is 0 Å². The van der Waals surface area contributed by atoms with Crippen LogP contribution in [0.5, 0.6) is 0 Å². The molecule has 0 nitrogen and oxygen atoms in total. The lowest BCUT2D eigenvalue weighted by atomic mass is 9.45. The zero-order valence-corrected chi connectivity index (χ0v) is 8.29. The van der Waals surface area contributed by atoms with E-state index in [-0.39, 0.29) is 0 Å². The van der Waals surface area contributed by atoms with Gasteiger partial charge < -0.3 is 0 Å². The van der Waals surface area contributed by atoms with Gasteiger partial charge in [0.25, 0.3) is 0 Å². The Morgan fingerprint density at radius 3 is 2.42 bits per heavy atom. The highest BCUT2D eigenvalue weighted by molar-refractivity contribution is 5.03. The molecule has 0 amide bonds. The Kier molecular flexibility index (Phi) is 1.40. The third kappa shape index (κ3) is 0.843. The van der Waals surface area contributed by atoms with Gasteiger partial charge in [0.1, 0.15) is 0 Å². The first-order valence-corrected chi connectivity index (χ1v) is 5.77. The average molecular weight is 164 g/mol. The molecule has 5 unspecified atom stereocenters. The smallest absolute Gasteiger partial charge is 0.0329 e. The molecule has 0 N–H and O–H groups in total. The van der Waals surface area contributed by atoms with Crippen molar-refractivity contribution in [3.05, 3.63) is 0 Å². The standard InChI is InChI=1S/C12H20/c1-7-5-10-6-11(12(7)10)8(2)9-3-4-9/h7-12H,3-6H2,1-2H3. The Morgan fingerprint density at radius 2 is 1.92 bits per heavy atom. The first-order chi connectivity index (χ1) is 5.77. The molecule has 0 heterocycles. The van der Waals surface area contributed by atoms with Crippen molar-refractivity contribution in [2.75, 3.05) is 0 Å². The average Bonchev–Trinajstić information content (AvgIpc) is 2.78. The third-order valence-electron chi connectivity index (χ3n) is 4.99. The van der Waals surface area contributed by atoms with Crippen LogP contribution in [0.15, 0.2) is 0 Å². The van der Waals surface area contributed by atoms with Crippen LogP contribution in [0.25, 0.3) is 0 Å². The summed E-state index contributed by atoms with van der Waals surface area (Å²) in [7, 11) is 0. The van der Waals surface area contributed by atoms with Gasteiger partial charge >= 0.3 is 0 Å². The van der Waals surface area contributed by atoms with Gasteiger partial charge in [0.05, 0.1) is 0 Å². The van der Waals surface area contributed by atoms with Crippen LogP contribution < -0.4 is 0 Å². The molecule has 68 valence electrons. The van der Waals surface area contributed by atoms with Gasteiger partial charge in [-0.05, 0) is 61.2 Å². The van der Waals surface area contributed by atoms with Crippen LogP contribution >= 0.6 is 0 Å². The molecule has 3 saturated carbocycles. The molecule has 0 heteroatoms. The molecule has 0 bridgehead atoms. The Labute approximate surface area is 75.7 Å². The van der Waals surface area contributed by atoms with E-state index >= 15 is 0 Å². The molecule has 3 fully saturated rings. The van der Waals surface area contributed by atoms with E-state index in [1.807, 2.05) is 0 Å². The maximum absolute atomic E-state index is 2.52. The summed E-state index contributed by atoms with van der Waals surface area (Å²) in [5, 5.41) is 0. The van der Waals surface area contributed by atoms with E-state index in [4.69, 9.17) is 0 Å². The van der Waals surface area contributed by atoms with Crippen molar-refractivity contribution in [3.8, 4) is 0 Å². The summed E-state index contributed by atoms with van der Waals surface area (Å²) in [6.07, 6.45) is 6.23. The summed E-state index contributed by atoms with van der Waals surface area (Å²) >= 11 is 0. The molecule has 0 aromatic carbocycles. The molecular weight excluding hydrogens is 144 g/mol. The monoisotopic (exact) mass is 164 g/mol. The predicted molar refractivity (Wildman–Crippen MR) is 50.8 cm³/mol. The van der Waals surface area contributed by atoms with Crippen LogP contribution in [-0.2, 0) is 0 Å². The van der Waals surface area contributed by atoms with E-state index in [1.54, 1.807) is 25.7 Å². The van der Waals surface area contributed by atoms with Crippen molar-refractivity contribution < 1.29 is 0 Å². The van der Waals surface area contributed by atoms with Gasteiger partial charge in [-0.15, -0.1) is 0 Å². The maximum Gasteiger partial charge on any atom is -0.0329 e. The molecule has 12 heavy (non-hydrogen) atoms. The molecular formula is C12H20. The Balaban J connectivity index is 1.63. The molecule has 3 rings (SSSR count). The summed E-state index contributed by atoms with van der Waals surface area (Å²) in [6.45, 7) is 4.98. The lowest BCUT2D eigenvalue weighted by Gasteiger charge is -2.60. The van der Waals surface area contributed by atoms with Gasteiger partial charge in [-0.1, -0.05) is 13.8 Å². The van der Waals surface area contributed by atoms with Crippen LogP contribution in [0, 0.1) is 35.5 Å². The molecule has 0 saturated heterocycles. The fraction of sp³-hybridized carbons (Fsp3) is 1.00. The van der Waals surface area contributed by atoms with Gasteiger partial charge in [-0.25, -0.2) is 0 Å². The first kappa shape index (κ1) is 7.41. The second-order valence-electron chi connectivity index (χ2n) is 5.65. The summed E-state index contributed by atoms with van der Waals surface area (Å²) in [5.41, 5.74) is 0. The van der Waals surface area contributed by atoms with Gasteiger partial charge in [0.2, 0.25) is 0 Å². The van der Waals surface area contributed by atoms with Crippen LogP contribution in [0.1, 0.15) is 39.5 Å². The van der Waals surface area contributed by atoms with Crippen molar-refractivity contribution in [3.63, 3.8) is 0 Å². The van der Waals surface area contributed by atoms with Crippen molar-refractivity contribution >= 4 is 0 Å². The SMILES string of the molecule is CC1CC2CC(C(C)C3CC3)C12. The predicted octanol–water partition coefficient (Wildman–Crippen LogP) is 3.32. The number of hydrogen-bond acceptors (Lipinski definition) is 0. The highest BCUT2D eigenvalue weighted by atomic mass is 14.6. The highest BCUT2D eigenvalue weighted by Crippen LogP contribution is 2.62. The Morgan fingerprint density at radius 1 is 1.17 bits per heavy atom. The van der Waals surface area contributed by atoms with Gasteiger partial charge in [-0.2, -0.15) is 0 Å². The molecule has 3 aliphatic rings. The molecule has 3 aliphatic carbocycles. The van der Waals surface area contributed by atoms with E-state index in [1.165, 1.54) is 11.8 Å². The Bertz CT molecular complexity index is 183. The van der Waals surface area contributed by atoms with Crippen LogP contribution in [0.3, 0.4) is 0 Å². The summed E-state index contributed by atoms with van der Waals surface area (Å²) in [4.78, 5) is 0. The van der Waals surface area contributed by atoms with E-state index in [9.17, 15) is 0 Å². The van der Waals surface area contributed by atoms with Gasteiger partial charge in [0, 0.05) is 0 Å². The molecule has 0 radical (unpaired) electrons. The summed E-state index contributed by atoms with van der Waals surface area (Å²) in [5.74, 6) is 6.78. The minimum absolute atomic E-state index is 1.08. The molecule has 0 aliphatic heterocycles. The van der Waals surface area contributed by atoms with Gasteiger partial charge in [0.15, 0.2) is 0 Å². The van der Waals surface area contributed by atoms with E-state index in [0.717, 1.165) is 23.7 Å². The van der Waals surface area contributed by atoms with Crippen molar-refractivity contribution in [2.45, 2.75) is 39.5 Å². The normalized spacial score (nSPS) is 53.5. The van der Waals surface area contributed by atoms with Crippen LogP contribution in [0.2, 0.25) is 0 Å². The molecule has 0 spiro atoms. The largest absolute Gasteiger partial charge is 0.0622 e. The first-order valence-electron chi connectivity index (χ1n) is 5.77. The zero-order chi connectivity index (χ0) is 8.29. The van der Waals surface area contributed by atoms with E-state index < -0.39 is 0 Å². The number of rotatable bonds is 2. The minimum Gasteiger partial charge on any atom is -0.0622 e. The van der Waals surface area contributed by atoms with Crippen molar-refractivity contribution in [1.29, 1.82) is 0 Å². The lowest BCUT2D eigenvalue weighted by Crippen LogP contribution is -2.52. The summed E-state index contributed by atoms with van der Waals surface area (Å²) in [6, 6.07) is 0. The number of hydrogen-bond donors (Lipinski definition) is 0. The van der Waals surface area contributed by atoms with Crippen LogP contribution in [0.4, 0.5) is 0 Å². The fourth-order valence-corrected chi connectivity index (χ4v) is 3.93. The number of fused-ring (bicyclic) bond motifs is 1. The van der Waals surface area contributed by atoms with Gasteiger partial charge in [-0.3, -0.25) is 0 Å². The molecule has 0 aromatic heterocycles. The minimum atomic E-state index is 1.08.